The second-order valence-corrected chi connectivity index (χ2v) is 5.16. The predicted octanol–water partition coefficient (Wildman–Crippen LogP) is 4.20. The van der Waals surface area contributed by atoms with Crippen molar-refractivity contribution in [2.24, 2.45) is 0 Å². The highest BCUT2D eigenvalue weighted by Gasteiger charge is 2.08. The van der Waals surface area contributed by atoms with Crippen LogP contribution in [0.4, 0.5) is 0 Å². The number of phenolic OH excluding ortho intramolecular Hbond substituents is 1. The molecule has 0 bridgehead atoms. The lowest BCUT2D eigenvalue weighted by molar-refractivity contribution is 0.477. The summed E-state index contributed by atoms with van der Waals surface area (Å²) >= 11 is 0. The second kappa shape index (κ2) is 5.00. The Balaban J connectivity index is 2.11. The normalized spacial score (nSPS) is 11.1. The van der Waals surface area contributed by atoms with Gasteiger partial charge in [-0.25, -0.2) is 4.98 Å². The molecule has 0 spiro atoms. The van der Waals surface area contributed by atoms with E-state index in [0.29, 0.717) is 5.75 Å². The van der Waals surface area contributed by atoms with Crippen LogP contribution in [0.2, 0.25) is 0 Å². The van der Waals surface area contributed by atoms with Crippen LogP contribution in [0, 0.1) is 6.92 Å². The highest BCUT2D eigenvalue weighted by Crippen LogP contribution is 2.32. The number of aromatic hydroxyl groups is 1. The van der Waals surface area contributed by atoms with Gasteiger partial charge in [0.2, 0.25) is 0 Å². The fourth-order valence-corrected chi connectivity index (χ4v) is 2.56. The zero-order valence-corrected chi connectivity index (χ0v) is 11.8. The molecule has 0 fully saturated rings. The molecule has 0 aliphatic heterocycles. The maximum atomic E-state index is 10.1. The first-order chi connectivity index (χ1) is 9.67. The maximum Gasteiger partial charge on any atom is 0.123 e. The van der Waals surface area contributed by atoms with Gasteiger partial charge in [-0.1, -0.05) is 25.5 Å². The zero-order chi connectivity index (χ0) is 14.1. The van der Waals surface area contributed by atoms with E-state index in [1.54, 1.807) is 6.07 Å². The summed E-state index contributed by atoms with van der Waals surface area (Å²) in [5.74, 6) is 1.22. The fourth-order valence-electron chi connectivity index (χ4n) is 2.56. The SMILES string of the molecule is CCCc1ccc(O)c(-c2ccc3[nH]c(C)nc3c2)c1. The third-order valence-electron chi connectivity index (χ3n) is 3.51. The minimum atomic E-state index is 0.316. The van der Waals surface area contributed by atoms with Gasteiger partial charge in [0, 0.05) is 5.56 Å². The molecular weight excluding hydrogens is 248 g/mol. The van der Waals surface area contributed by atoms with E-state index < -0.39 is 0 Å². The minimum absolute atomic E-state index is 0.316. The summed E-state index contributed by atoms with van der Waals surface area (Å²) in [5.41, 5.74) is 5.08. The number of aromatic amines is 1. The molecule has 1 aromatic heterocycles. The van der Waals surface area contributed by atoms with Crippen molar-refractivity contribution in [1.29, 1.82) is 0 Å². The number of hydrogen-bond donors (Lipinski definition) is 2. The topological polar surface area (TPSA) is 48.9 Å². The van der Waals surface area contributed by atoms with Crippen LogP contribution in [0.1, 0.15) is 24.7 Å². The lowest BCUT2D eigenvalue weighted by Crippen LogP contribution is -1.86. The first kappa shape index (κ1) is 12.7. The first-order valence-corrected chi connectivity index (χ1v) is 6.96. The number of nitrogens with zero attached hydrogens (tertiary/aromatic N) is 1. The lowest BCUT2D eigenvalue weighted by Gasteiger charge is -2.07. The molecule has 3 rings (SSSR count). The summed E-state index contributed by atoms with van der Waals surface area (Å²) < 4.78 is 0. The van der Waals surface area contributed by atoms with Crippen LogP contribution in [0.3, 0.4) is 0 Å². The first-order valence-electron chi connectivity index (χ1n) is 6.96. The number of nitrogens with one attached hydrogen (secondary N) is 1. The van der Waals surface area contributed by atoms with Crippen molar-refractivity contribution < 1.29 is 5.11 Å². The number of benzene rings is 2. The smallest absolute Gasteiger partial charge is 0.123 e. The summed E-state index contributed by atoms with van der Waals surface area (Å²) in [6, 6.07) is 11.9. The maximum absolute atomic E-state index is 10.1. The highest BCUT2D eigenvalue weighted by molar-refractivity contribution is 5.83. The third kappa shape index (κ3) is 2.27. The van der Waals surface area contributed by atoms with Crippen molar-refractivity contribution in [3.63, 3.8) is 0 Å². The Kier molecular flexibility index (Phi) is 3.18. The molecule has 0 radical (unpaired) electrons. The Labute approximate surface area is 118 Å². The summed E-state index contributed by atoms with van der Waals surface area (Å²) in [4.78, 5) is 7.66. The van der Waals surface area contributed by atoms with Crippen molar-refractivity contribution in [3.05, 3.63) is 47.8 Å². The number of aromatic nitrogens is 2. The van der Waals surface area contributed by atoms with E-state index in [1.165, 1.54) is 5.56 Å². The molecule has 0 amide bonds. The molecule has 2 N–H and O–H groups in total. The van der Waals surface area contributed by atoms with E-state index in [2.05, 4.69) is 23.0 Å². The van der Waals surface area contributed by atoms with Gasteiger partial charge in [0.15, 0.2) is 0 Å². The number of H-pyrrole nitrogens is 1. The van der Waals surface area contributed by atoms with Crippen LogP contribution < -0.4 is 0 Å². The molecule has 0 aliphatic carbocycles. The molecule has 0 saturated carbocycles. The standard InChI is InChI=1S/C17H18N2O/c1-3-4-12-5-8-17(20)14(9-12)13-6-7-15-16(10-13)19-11(2)18-15/h5-10,20H,3-4H2,1-2H3,(H,18,19). The van der Waals surface area contributed by atoms with Crippen molar-refractivity contribution in [1.82, 2.24) is 9.97 Å². The van der Waals surface area contributed by atoms with Crippen LogP contribution in [-0.2, 0) is 6.42 Å². The Hall–Kier alpha value is -2.29. The van der Waals surface area contributed by atoms with E-state index in [0.717, 1.165) is 40.8 Å². The lowest BCUT2D eigenvalue weighted by atomic mass is 9.99. The van der Waals surface area contributed by atoms with E-state index in [4.69, 9.17) is 0 Å². The van der Waals surface area contributed by atoms with Gasteiger partial charge >= 0.3 is 0 Å². The Morgan fingerprint density at radius 1 is 1.15 bits per heavy atom. The largest absolute Gasteiger partial charge is 0.507 e. The number of imidazole rings is 1. The molecule has 0 aliphatic rings. The molecule has 3 aromatic rings. The van der Waals surface area contributed by atoms with E-state index >= 15 is 0 Å². The Bertz CT molecular complexity index is 759. The second-order valence-electron chi connectivity index (χ2n) is 5.16. The molecule has 20 heavy (non-hydrogen) atoms. The molecule has 0 saturated heterocycles. The van der Waals surface area contributed by atoms with Crippen molar-refractivity contribution in [3.8, 4) is 16.9 Å². The Morgan fingerprint density at radius 3 is 2.80 bits per heavy atom. The van der Waals surface area contributed by atoms with Crippen LogP contribution >= 0.6 is 0 Å². The quantitative estimate of drug-likeness (QED) is 0.746. The molecule has 2 aromatic carbocycles. The average Bonchev–Trinajstić information content (AvgIpc) is 2.80. The van der Waals surface area contributed by atoms with Gasteiger partial charge in [-0.3, -0.25) is 0 Å². The third-order valence-corrected chi connectivity index (χ3v) is 3.51. The van der Waals surface area contributed by atoms with Crippen LogP contribution in [-0.4, -0.2) is 15.1 Å². The van der Waals surface area contributed by atoms with Crippen molar-refractivity contribution in [2.75, 3.05) is 0 Å². The zero-order valence-electron chi connectivity index (χ0n) is 11.8. The molecule has 3 nitrogen and oxygen atoms in total. The van der Waals surface area contributed by atoms with Crippen LogP contribution in [0.15, 0.2) is 36.4 Å². The Morgan fingerprint density at radius 2 is 2.00 bits per heavy atom. The summed E-state index contributed by atoms with van der Waals surface area (Å²) in [6.07, 6.45) is 2.12. The number of aryl methyl sites for hydroxylation is 2. The molecule has 0 unspecified atom stereocenters. The van der Waals surface area contributed by atoms with Crippen molar-refractivity contribution in [2.45, 2.75) is 26.7 Å². The van der Waals surface area contributed by atoms with E-state index in [-0.39, 0.29) is 0 Å². The van der Waals surface area contributed by atoms with Gasteiger partial charge in [-0.2, -0.15) is 0 Å². The van der Waals surface area contributed by atoms with Gasteiger partial charge in [-0.05, 0) is 48.7 Å². The van der Waals surface area contributed by atoms with Crippen molar-refractivity contribution >= 4 is 11.0 Å². The average molecular weight is 266 g/mol. The molecule has 102 valence electrons. The predicted molar refractivity (Wildman–Crippen MR) is 81.9 cm³/mol. The summed E-state index contributed by atoms with van der Waals surface area (Å²) in [6.45, 7) is 4.10. The van der Waals surface area contributed by atoms with E-state index in [1.807, 2.05) is 31.2 Å². The van der Waals surface area contributed by atoms with E-state index in [9.17, 15) is 5.11 Å². The summed E-state index contributed by atoms with van der Waals surface area (Å²) in [5, 5.41) is 10.1. The fraction of sp³-hybridized carbons (Fsp3) is 0.235. The number of hydrogen-bond acceptors (Lipinski definition) is 2. The van der Waals surface area contributed by atoms with Crippen LogP contribution in [0.25, 0.3) is 22.2 Å². The molecule has 1 heterocycles. The minimum Gasteiger partial charge on any atom is -0.507 e. The van der Waals surface area contributed by atoms with Crippen LogP contribution in [0.5, 0.6) is 5.75 Å². The van der Waals surface area contributed by atoms with Gasteiger partial charge in [0.25, 0.3) is 0 Å². The monoisotopic (exact) mass is 266 g/mol. The number of phenols is 1. The van der Waals surface area contributed by atoms with Gasteiger partial charge in [-0.15, -0.1) is 0 Å². The molecule has 0 atom stereocenters. The van der Waals surface area contributed by atoms with Gasteiger partial charge in [0.05, 0.1) is 11.0 Å². The highest BCUT2D eigenvalue weighted by atomic mass is 16.3. The van der Waals surface area contributed by atoms with Gasteiger partial charge in [0.1, 0.15) is 11.6 Å². The number of rotatable bonds is 3. The number of fused-ring (bicyclic) bond motifs is 1. The van der Waals surface area contributed by atoms with Gasteiger partial charge < -0.3 is 10.1 Å². The molecule has 3 heteroatoms. The summed E-state index contributed by atoms with van der Waals surface area (Å²) in [7, 11) is 0. The molecular formula is C17H18N2O.